The Morgan fingerprint density at radius 1 is 1.03 bits per heavy atom. The molecule has 0 heterocycles. The van der Waals surface area contributed by atoms with Gasteiger partial charge in [-0.05, 0) is 56.4 Å². The summed E-state index contributed by atoms with van der Waals surface area (Å²) in [6.07, 6.45) is 5.40. The van der Waals surface area contributed by atoms with Crippen LogP contribution >= 0.6 is 0 Å². The molecule has 1 fully saturated rings. The van der Waals surface area contributed by atoms with Gasteiger partial charge < -0.3 is 15.0 Å². The van der Waals surface area contributed by atoms with Crippen molar-refractivity contribution in [1.82, 2.24) is 10.2 Å². The Labute approximate surface area is 185 Å². The Hall–Kier alpha value is -2.82. The molecule has 1 aliphatic carbocycles. The number of nitrogens with one attached hydrogen (secondary N) is 1. The van der Waals surface area contributed by atoms with Crippen LogP contribution in [0.15, 0.2) is 48.5 Å². The maximum Gasteiger partial charge on any atom is 0.242 e. The van der Waals surface area contributed by atoms with Gasteiger partial charge >= 0.3 is 0 Å². The van der Waals surface area contributed by atoms with Crippen LogP contribution in [-0.2, 0) is 22.6 Å². The van der Waals surface area contributed by atoms with E-state index in [0.717, 1.165) is 42.6 Å². The van der Waals surface area contributed by atoms with E-state index in [0.29, 0.717) is 19.4 Å². The van der Waals surface area contributed by atoms with Gasteiger partial charge in [0.1, 0.15) is 11.8 Å². The highest BCUT2D eigenvalue weighted by Crippen LogP contribution is 2.20. The van der Waals surface area contributed by atoms with Crippen molar-refractivity contribution in [2.45, 2.75) is 71.0 Å². The molecule has 0 bridgehead atoms. The van der Waals surface area contributed by atoms with Crippen LogP contribution in [0.25, 0.3) is 0 Å². The number of carbonyl (C=O) groups excluding carboxylic acids is 2. The summed E-state index contributed by atoms with van der Waals surface area (Å²) in [4.78, 5) is 27.8. The summed E-state index contributed by atoms with van der Waals surface area (Å²) in [5.41, 5.74) is 3.31. The van der Waals surface area contributed by atoms with Gasteiger partial charge in [0.25, 0.3) is 0 Å². The number of benzene rings is 2. The molecule has 5 heteroatoms. The highest BCUT2D eigenvalue weighted by Gasteiger charge is 2.28. The van der Waals surface area contributed by atoms with Crippen molar-refractivity contribution >= 4 is 11.8 Å². The molecule has 0 saturated heterocycles. The third-order valence-electron chi connectivity index (χ3n) is 6.13. The van der Waals surface area contributed by atoms with Crippen molar-refractivity contribution in [2.75, 3.05) is 7.11 Å². The molecular weight excluding hydrogens is 388 g/mol. The van der Waals surface area contributed by atoms with Crippen LogP contribution in [0.5, 0.6) is 5.75 Å². The Balaban J connectivity index is 1.70. The van der Waals surface area contributed by atoms with E-state index >= 15 is 0 Å². The van der Waals surface area contributed by atoms with Crippen LogP contribution in [0.1, 0.15) is 55.7 Å². The lowest BCUT2D eigenvalue weighted by Gasteiger charge is -2.30. The Morgan fingerprint density at radius 3 is 2.26 bits per heavy atom. The number of amides is 2. The zero-order valence-electron chi connectivity index (χ0n) is 18.9. The first kappa shape index (κ1) is 22.9. The highest BCUT2D eigenvalue weighted by molar-refractivity contribution is 5.87. The Bertz CT molecular complexity index is 855. The van der Waals surface area contributed by atoms with Crippen LogP contribution in [0.2, 0.25) is 0 Å². The summed E-state index contributed by atoms with van der Waals surface area (Å²) in [5.74, 6) is 0.697. The standard InChI is InChI=1S/C26H34N2O3/c1-19-8-10-21(11-9-19)14-17-25(29)28(18-22-12-15-24(31-3)16-13-22)20(2)26(30)27-23-6-4-5-7-23/h8-13,15-16,20,23H,4-7,14,17-18H2,1-3H3,(H,27,30)/t20-/m1/s1. The predicted molar refractivity (Wildman–Crippen MR) is 123 cm³/mol. The molecule has 1 saturated carbocycles. The number of nitrogens with zero attached hydrogens (tertiary/aromatic N) is 1. The van der Waals surface area contributed by atoms with Gasteiger partial charge in [0, 0.05) is 19.0 Å². The smallest absolute Gasteiger partial charge is 0.242 e. The van der Waals surface area contributed by atoms with Gasteiger partial charge in [0.2, 0.25) is 11.8 Å². The summed E-state index contributed by atoms with van der Waals surface area (Å²) in [6.45, 7) is 4.28. The lowest BCUT2D eigenvalue weighted by molar-refractivity contribution is -0.140. The monoisotopic (exact) mass is 422 g/mol. The number of carbonyl (C=O) groups is 2. The van der Waals surface area contributed by atoms with Crippen molar-refractivity contribution in [3.63, 3.8) is 0 Å². The molecule has 0 unspecified atom stereocenters. The normalized spacial score (nSPS) is 14.8. The first-order chi connectivity index (χ1) is 15.0. The molecule has 0 aliphatic heterocycles. The van der Waals surface area contributed by atoms with E-state index in [1.807, 2.05) is 31.2 Å². The molecule has 1 aliphatic rings. The quantitative estimate of drug-likeness (QED) is 0.651. The van der Waals surface area contributed by atoms with E-state index in [1.165, 1.54) is 5.56 Å². The van der Waals surface area contributed by atoms with Gasteiger partial charge in [-0.2, -0.15) is 0 Å². The van der Waals surface area contributed by atoms with E-state index in [4.69, 9.17) is 4.74 Å². The third-order valence-corrected chi connectivity index (χ3v) is 6.13. The van der Waals surface area contributed by atoms with Crippen molar-refractivity contribution in [3.05, 3.63) is 65.2 Å². The van der Waals surface area contributed by atoms with E-state index in [9.17, 15) is 9.59 Å². The van der Waals surface area contributed by atoms with Crippen LogP contribution in [-0.4, -0.2) is 35.9 Å². The fourth-order valence-electron chi connectivity index (χ4n) is 4.05. The first-order valence-electron chi connectivity index (χ1n) is 11.2. The molecule has 5 nitrogen and oxygen atoms in total. The van der Waals surface area contributed by atoms with Gasteiger partial charge in [-0.1, -0.05) is 54.8 Å². The Morgan fingerprint density at radius 2 is 1.65 bits per heavy atom. The predicted octanol–water partition coefficient (Wildman–Crippen LogP) is 4.41. The minimum Gasteiger partial charge on any atom is -0.497 e. The first-order valence-corrected chi connectivity index (χ1v) is 11.2. The molecule has 1 atom stereocenters. The van der Waals surface area contributed by atoms with Crippen molar-refractivity contribution in [3.8, 4) is 5.75 Å². The topological polar surface area (TPSA) is 58.6 Å². The molecule has 2 aromatic carbocycles. The fraction of sp³-hybridized carbons (Fsp3) is 0.462. The summed E-state index contributed by atoms with van der Waals surface area (Å²) < 4.78 is 5.23. The van der Waals surface area contributed by atoms with Gasteiger partial charge in [-0.3, -0.25) is 9.59 Å². The minimum absolute atomic E-state index is 0.00883. The summed E-state index contributed by atoms with van der Waals surface area (Å²) in [5, 5.41) is 3.15. The van der Waals surface area contributed by atoms with Gasteiger partial charge in [0.15, 0.2) is 0 Å². The molecule has 31 heavy (non-hydrogen) atoms. The summed E-state index contributed by atoms with van der Waals surface area (Å²) in [7, 11) is 1.63. The zero-order chi connectivity index (χ0) is 22.2. The molecule has 2 aromatic rings. The van der Waals surface area contributed by atoms with Crippen molar-refractivity contribution in [1.29, 1.82) is 0 Å². The largest absolute Gasteiger partial charge is 0.497 e. The van der Waals surface area contributed by atoms with E-state index in [2.05, 4.69) is 36.5 Å². The number of hydrogen-bond acceptors (Lipinski definition) is 3. The SMILES string of the molecule is COc1ccc(CN(C(=O)CCc2ccc(C)cc2)[C@H](C)C(=O)NC2CCCC2)cc1. The van der Waals surface area contributed by atoms with Crippen molar-refractivity contribution < 1.29 is 14.3 Å². The van der Waals surface area contributed by atoms with Gasteiger partial charge in [-0.25, -0.2) is 0 Å². The number of methoxy groups -OCH3 is 1. The number of hydrogen-bond donors (Lipinski definition) is 1. The van der Waals surface area contributed by atoms with Gasteiger partial charge in [-0.15, -0.1) is 0 Å². The fourth-order valence-corrected chi connectivity index (χ4v) is 4.05. The minimum atomic E-state index is -0.520. The average molecular weight is 423 g/mol. The molecule has 166 valence electrons. The third kappa shape index (κ3) is 6.58. The molecule has 0 aromatic heterocycles. The van der Waals surface area contributed by atoms with E-state index < -0.39 is 6.04 Å². The second-order valence-electron chi connectivity index (χ2n) is 8.52. The average Bonchev–Trinajstić information content (AvgIpc) is 3.30. The van der Waals surface area contributed by atoms with Gasteiger partial charge in [0.05, 0.1) is 7.11 Å². The number of ether oxygens (including phenoxy) is 1. The van der Waals surface area contributed by atoms with E-state index in [1.54, 1.807) is 12.0 Å². The van der Waals surface area contributed by atoms with Crippen molar-refractivity contribution in [2.24, 2.45) is 0 Å². The lowest BCUT2D eigenvalue weighted by Crippen LogP contribution is -2.49. The molecule has 1 N–H and O–H groups in total. The van der Waals surface area contributed by atoms with Crippen LogP contribution < -0.4 is 10.1 Å². The maximum absolute atomic E-state index is 13.2. The molecule has 3 rings (SSSR count). The van der Waals surface area contributed by atoms with Crippen LogP contribution in [0.3, 0.4) is 0 Å². The molecular formula is C26H34N2O3. The lowest BCUT2D eigenvalue weighted by atomic mass is 10.1. The zero-order valence-corrected chi connectivity index (χ0v) is 18.9. The molecule has 2 amide bonds. The molecule has 0 spiro atoms. The Kier molecular flexibility index (Phi) is 8.10. The highest BCUT2D eigenvalue weighted by atomic mass is 16.5. The van der Waals surface area contributed by atoms with Crippen LogP contribution in [0, 0.1) is 6.92 Å². The summed E-state index contributed by atoms with van der Waals surface area (Å²) in [6, 6.07) is 15.6. The summed E-state index contributed by atoms with van der Waals surface area (Å²) >= 11 is 0. The van der Waals surface area contributed by atoms with E-state index in [-0.39, 0.29) is 17.9 Å². The number of aryl methyl sites for hydroxylation is 2. The number of rotatable bonds is 9. The van der Waals surface area contributed by atoms with Crippen LogP contribution in [0.4, 0.5) is 0 Å². The molecule has 0 radical (unpaired) electrons. The second-order valence-corrected chi connectivity index (χ2v) is 8.52. The second kappa shape index (κ2) is 11.0. The maximum atomic E-state index is 13.2.